The molecule has 0 spiro atoms. The van der Waals surface area contributed by atoms with Crippen molar-refractivity contribution in [2.45, 2.75) is 44.5 Å². The first-order chi connectivity index (χ1) is 22.7. The fraction of sp³-hybridized carbons (Fsp3) is 0.270. The average Bonchev–Trinajstić information content (AvgIpc) is 3.25. The van der Waals surface area contributed by atoms with Gasteiger partial charge in [-0.1, -0.05) is 53.7 Å². The second-order valence-electron chi connectivity index (χ2n) is 12.2. The van der Waals surface area contributed by atoms with Crippen molar-refractivity contribution in [1.82, 2.24) is 4.90 Å². The first-order valence-electron chi connectivity index (χ1n) is 15.3. The van der Waals surface area contributed by atoms with Gasteiger partial charge in [0.05, 0.1) is 49.3 Å². The number of carbonyl (C=O) groups excluding carboxylic acids is 2. The van der Waals surface area contributed by atoms with Crippen LogP contribution in [0, 0.1) is 0 Å². The molecule has 240 valence electrons. The summed E-state index contributed by atoms with van der Waals surface area (Å²) in [5.41, 5.74) is 2.40. The predicted octanol–water partition coefficient (Wildman–Crippen LogP) is 5.73. The zero-order chi connectivity index (χ0) is 33.0. The zero-order valence-corrected chi connectivity index (χ0v) is 26.5. The van der Waals surface area contributed by atoms with E-state index in [-0.39, 0.29) is 52.5 Å². The van der Waals surface area contributed by atoms with E-state index in [1.54, 1.807) is 26.4 Å². The molecule has 0 saturated carbocycles. The number of phenols is 2. The monoisotopic (exact) mass is 634 g/mol. The minimum absolute atomic E-state index is 0.0629. The topological polar surface area (TPSA) is 127 Å². The van der Waals surface area contributed by atoms with Crippen molar-refractivity contribution in [2.24, 2.45) is 5.16 Å². The maximum atomic E-state index is 14.0. The summed E-state index contributed by atoms with van der Waals surface area (Å²) in [7, 11) is 4.57. The quantitative estimate of drug-likeness (QED) is 0.162. The Bertz CT molecular complexity index is 1970. The zero-order valence-electron chi connectivity index (χ0n) is 26.5. The third-order valence-electron chi connectivity index (χ3n) is 9.68. The summed E-state index contributed by atoms with van der Waals surface area (Å²) in [5, 5.41) is 28.4. The highest BCUT2D eigenvalue weighted by atomic mass is 16.6. The minimum atomic E-state index is -0.775. The van der Waals surface area contributed by atoms with E-state index in [0.717, 1.165) is 16.8 Å². The molecule has 10 heteroatoms. The van der Waals surface area contributed by atoms with Crippen molar-refractivity contribution in [3.63, 3.8) is 0 Å². The lowest BCUT2D eigenvalue weighted by Gasteiger charge is -2.44. The largest absolute Gasteiger partial charge is 0.507 e. The van der Waals surface area contributed by atoms with Gasteiger partial charge in [-0.25, -0.2) is 0 Å². The summed E-state index contributed by atoms with van der Waals surface area (Å²) in [6.07, 6.45) is 0.568. The number of phenolic OH excluding ortho intramolecular Hbond substituents is 2. The van der Waals surface area contributed by atoms with Gasteiger partial charge in [0.25, 0.3) is 0 Å². The molecule has 1 saturated heterocycles. The van der Waals surface area contributed by atoms with Crippen molar-refractivity contribution in [2.75, 3.05) is 21.3 Å². The molecular weight excluding hydrogens is 600 g/mol. The molecule has 4 aromatic rings. The number of nitrogens with zero attached hydrogens (tertiary/aromatic N) is 2. The van der Waals surface area contributed by atoms with E-state index in [2.05, 4.69) is 10.1 Å². The molecule has 3 aliphatic rings. The summed E-state index contributed by atoms with van der Waals surface area (Å²) >= 11 is 0. The van der Waals surface area contributed by atoms with Crippen LogP contribution in [0.4, 0.5) is 0 Å². The Morgan fingerprint density at radius 3 is 2.26 bits per heavy atom. The lowest BCUT2D eigenvalue weighted by atomic mass is 9.76. The number of hydrogen-bond acceptors (Lipinski definition) is 10. The molecule has 0 aromatic heterocycles. The number of ether oxygens (including phenoxy) is 3. The van der Waals surface area contributed by atoms with Crippen molar-refractivity contribution < 1.29 is 38.9 Å². The van der Waals surface area contributed by atoms with Gasteiger partial charge in [0.2, 0.25) is 5.78 Å². The molecule has 2 heterocycles. The van der Waals surface area contributed by atoms with E-state index < -0.39 is 23.1 Å². The SMILES string of the molecule is COc1ccc(CN2C3C/C(=N\OCc4ccccc4)C2(C)Cc2c(O)c4c(c(O)c23)C(=O)c2c(OC)cccc2C4=O)cc1OC. The van der Waals surface area contributed by atoms with Gasteiger partial charge < -0.3 is 29.3 Å². The number of carbonyl (C=O) groups is 2. The Labute approximate surface area is 271 Å². The molecule has 2 atom stereocenters. The van der Waals surface area contributed by atoms with Gasteiger partial charge in [-0.2, -0.15) is 0 Å². The van der Waals surface area contributed by atoms with Crippen LogP contribution in [0.15, 0.2) is 71.9 Å². The number of hydrogen-bond donors (Lipinski definition) is 2. The van der Waals surface area contributed by atoms with Gasteiger partial charge in [0.15, 0.2) is 17.3 Å². The maximum absolute atomic E-state index is 14.0. The van der Waals surface area contributed by atoms with Crippen molar-refractivity contribution in [1.29, 1.82) is 0 Å². The Balaban J connectivity index is 1.36. The smallest absolute Gasteiger partial charge is 0.202 e. The number of aromatic hydroxyl groups is 2. The Hall–Kier alpha value is -5.35. The van der Waals surface area contributed by atoms with E-state index in [4.69, 9.17) is 19.0 Å². The molecule has 0 amide bonds. The molecule has 2 unspecified atom stereocenters. The van der Waals surface area contributed by atoms with E-state index in [1.165, 1.54) is 13.2 Å². The molecule has 2 bridgehead atoms. The fourth-order valence-corrected chi connectivity index (χ4v) is 7.34. The summed E-state index contributed by atoms with van der Waals surface area (Å²) in [5.74, 6) is -0.358. The molecule has 0 radical (unpaired) electrons. The molecule has 7 rings (SSSR count). The normalized spacial score (nSPS) is 20.4. The van der Waals surface area contributed by atoms with Gasteiger partial charge in [0.1, 0.15) is 23.9 Å². The van der Waals surface area contributed by atoms with Crippen LogP contribution in [0.5, 0.6) is 28.7 Å². The van der Waals surface area contributed by atoms with Crippen molar-refractivity contribution >= 4 is 17.3 Å². The van der Waals surface area contributed by atoms with Crippen LogP contribution >= 0.6 is 0 Å². The predicted molar refractivity (Wildman–Crippen MR) is 173 cm³/mol. The van der Waals surface area contributed by atoms with Crippen LogP contribution in [0.25, 0.3) is 0 Å². The average molecular weight is 635 g/mol. The number of rotatable bonds is 8. The lowest BCUT2D eigenvalue weighted by Crippen LogP contribution is -2.50. The van der Waals surface area contributed by atoms with Gasteiger partial charge in [0, 0.05) is 42.1 Å². The molecule has 10 nitrogen and oxygen atoms in total. The fourth-order valence-electron chi connectivity index (χ4n) is 7.34. The van der Waals surface area contributed by atoms with E-state index in [9.17, 15) is 19.8 Å². The first kappa shape index (κ1) is 30.3. The Kier molecular flexibility index (Phi) is 7.40. The highest BCUT2D eigenvalue weighted by Crippen LogP contribution is 2.57. The van der Waals surface area contributed by atoms with Crippen LogP contribution in [-0.4, -0.2) is 59.3 Å². The molecule has 1 fully saturated rings. The number of methoxy groups -OCH3 is 3. The number of benzene rings is 4. The lowest BCUT2D eigenvalue weighted by molar-refractivity contribution is 0.0955. The third kappa shape index (κ3) is 4.62. The molecule has 4 aromatic carbocycles. The maximum Gasteiger partial charge on any atom is 0.202 e. The Morgan fingerprint density at radius 2 is 1.53 bits per heavy atom. The highest BCUT2D eigenvalue weighted by Gasteiger charge is 2.56. The Morgan fingerprint density at radius 1 is 0.809 bits per heavy atom. The van der Waals surface area contributed by atoms with E-state index in [1.807, 2.05) is 55.5 Å². The van der Waals surface area contributed by atoms with Gasteiger partial charge in [-0.3, -0.25) is 14.5 Å². The second-order valence-corrected chi connectivity index (χ2v) is 12.2. The van der Waals surface area contributed by atoms with E-state index in [0.29, 0.717) is 35.6 Å². The third-order valence-corrected chi connectivity index (χ3v) is 9.68. The summed E-state index contributed by atoms with van der Waals surface area (Å²) in [4.78, 5) is 35.9. The minimum Gasteiger partial charge on any atom is -0.507 e. The van der Waals surface area contributed by atoms with Crippen LogP contribution in [0.3, 0.4) is 0 Å². The van der Waals surface area contributed by atoms with Crippen LogP contribution in [0.1, 0.15) is 73.5 Å². The molecular formula is C37H34N2O8. The highest BCUT2D eigenvalue weighted by molar-refractivity contribution is 6.31. The second kappa shape index (κ2) is 11.5. The number of oxime groups is 1. The van der Waals surface area contributed by atoms with Crippen LogP contribution in [0.2, 0.25) is 0 Å². The van der Waals surface area contributed by atoms with Gasteiger partial charge in [-0.15, -0.1) is 0 Å². The molecule has 2 aliphatic heterocycles. The van der Waals surface area contributed by atoms with Crippen molar-refractivity contribution in [3.8, 4) is 28.7 Å². The van der Waals surface area contributed by atoms with Gasteiger partial charge in [-0.05, 0) is 36.2 Å². The van der Waals surface area contributed by atoms with Crippen molar-refractivity contribution in [3.05, 3.63) is 111 Å². The molecule has 2 N–H and O–H groups in total. The van der Waals surface area contributed by atoms with Crippen LogP contribution < -0.4 is 14.2 Å². The summed E-state index contributed by atoms with van der Waals surface area (Å²) in [6, 6.07) is 19.6. The number of fused-ring (bicyclic) bond motifs is 6. The van der Waals surface area contributed by atoms with Gasteiger partial charge >= 0.3 is 0 Å². The first-order valence-corrected chi connectivity index (χ1v) is 15.3. The molecule has 47 heavy (non-hydrogen) atoms. The summed E-state index contributed by atoms with van der Waals surface area (Å²) in [6.45, 7) is 2.70. The standard InChI is InChI=1S/C37H34N2O8/c1-37-17-23-29(35(42)32-31(34(23)41)33(40)22-11-8-12-26(45-3)30(22)36(32)43)24(16-28(37)38-47-19-20-9-6-5-7-10-20)39(37)18-21-13-14-25(44-2)27(15-21)46-4/h5-15,24,41-42H,16-19H2,1-4H3/b38-28+. The van der Waals surface area contributed by atoms with E-state index >= 15 is 0 Å². The summed E-state index contributed by atoms with van der Waals surface area (Å²) < 4.78 is 16.4. The van der Waals surface area contributed by atoms with Crippen LogP contribution in [-0.2, 0) is 24.4 Å². The molecule has 1 aliphatic carbocycles. The number of ketones is 2.